The average molecular weight is 462 g/mol. The fourth-order valence-electron chi connectivity index (χ4n) is 3.52. The van der Waals surface area contributed by atoms with Crippen molar-refractivity contribution in [3.63, 3.8) is 0 Å². The molecular weight excluding hydrogens is 422 g/mol. The van der Waals surface area contributed by atoms with E-state index >= 15 is 0 Å². The van der Waals surface area contributed by atoms with E-state index in [0.29, 0.717) is 45.7 Å². The van der Waals surface area contributed by atoms with E-state index in [9.17, 15) is 9.59 Å². The maximum atomic E-state index is 11.6. The van der Waals surface area contributed by atoms with Crippen LogP contribution in [0.5, 0.6) is 0 Å². The van der Waals surface area contributed by atoms with Gasteiger partial charge in [0.1, 0.15) is 5.60 Å². The Morgan fingerprint density at radius 1 is 1.12 bits per heavy atom. The van der Waals surface area contributed by atoms with Crippen molar-refractivity contribution >= 4 is 23.3 Å². The second-order valence-electron chi connectivity index (χ2n) is 9.18. The van der Waals surface area contributed by atoms with E-state index in [1.807, 2.05) is 27.7 Å². The normalized spacial score (nSPS) is 16.2. The van der Waals surface area contributed by atoms with Crippen LogP contribution in [0.2, 0.25) is 0 Å². The quantitative estimate of drug-likeness (QED) is 0.357. The average Bonchev–Trinajstić information content (AvgIpc) is 2.74. The number of hydrogen-bond donors (Lipinski definition) is 1. The van der Waals surface area contributed by atoms with Crippen LogP contribution in [0.1, 0.15) is 59.4 Å². The molecule has 1 aliphatic heterocycles. The van der Waals surface area contributed by atoms with Gasteiger partial charge in [-0.2, -0.15) is 5.10 Å². The van der Waals surface area contributed by atoms with Gasteiger partial charge in [0.15, 0.2) is 0 Å². The molecule has 0 aromatic heterocycles. The molecule has 1 amide bonds. The summed E-state index contributed by atoms with van der Waals surface area (Å²) >= 11 is 0. The van der Waals surface area contributed by atoms with Gasteiger partial charge in [0, 0.05) is 44.1 Å². The number of anilines is 1. The van der Waals surface area contributed by atoms with E-state index < -0.39 is 5.60 Å². The molecule has 0 fully saturated rings. The van der Waals surface area contributed by atoms with Crippen molar-refractivity contribution in [3.8, 4) is 0 Å². The molecule has 184 valence electrons. The maximum Gasteiger partial charge on any atom is 0.306 e. The lowest BCUT2D eigenvalue weighted by molar-refractivity contribution is -0.155. The third-order valence-corrected chi connectivity index (χ3v) is 5.14. The summed E-state index contributed by atoms with van der Waals surface area (Å²) in [4.78, 5) is 25.3. The highest BCUT2D eigenvalue weighted by atomic mass is 16.6. The summed E-state index contributed by atoms with van der Waals surface area (Å²) < 4.78 is 16.5. The number of carbonyl (C=O) groups excluding carboxylic acids is 2. The minimum atomic E-state index is -0.442. The van der Waals surface area contributed by atoms with Gasteiger partial charge in [-0.3, -0.25) is 9.59 Å². The molecule has 8 nitrogen and oxygen atoms in total. The van der Waals surface area contributed by atoms with E-state index in [2.05, 4.69) is 46.6 Å². The number of amides is 1. The summed E-state index contributed by atoms with van der Waals surface area (Å²) in [5.74, 6) is -0.117. The molecule has 1 aromatic rings. The zero-order chi connectivity index (χ0) is 24.3. The number of rotatable bonds is 13. The first-order valence-corrected chi connectivity index (χ1v) is 11.8. The number of ether oxygens (including phenoxy) is 3. The Balaban J connectivity index is 1.62. The van der Waals surface area contributed by atoms with Crippen LogP contribution in [0, 0.1) is 5.92 Å². The fourth-order valence-corrected chi connectivity index (χ4v) is 3.52. The smallest absolute Gasteiger partial charge is 0.306 e. The van der Waals surface area contributed by atoms with E-state index in [-0.39, 0.29) is 17.8 Å². The lowest BCUT2D eigenvalue weighted by Gasteiger charge is -2.24. The molecule has 0 spiro atoms. The summed E-state index contributed by atoms with van der Waals surface area (Å²) in [5, 5.41) is 4.22. The topological polar surface area (TPSA) is 89.5 Å². The van der Waals surface area contributed by atoms with Gasteiger partial charge in [0.2, 0.25) is 5.91 Å². The zero-order valence-corrected chi connectivity index (χ0v) is 20.7. The van der Waals surface area contributed by atoms with Crippen LogP contribution in [0.15, 0.2) is 29.4 Å². The number of nitrogens with zero attached hydrogens (tertiary/aromatic N) is 2. The highest BCUT2D eigenvalue weighted by Gasteiger charge is 2.21. The van der Waals surface area contributed by atoms with Crippen LogP contribution in [0.3, 0.4) is 0 Å². The summed E-state index contributed by atoms with van der Waals surface area (Å²) in [5.41, 5.74) is 5.19. The number of hydrazone groups is 1. The highest BCUT2D eigenvalue weighted by Crippen LogP contribution is 2.20. The molecule has 0 unspecified atom stereocenters. The second kappa shape index (κ2) is 13.3. The summed E-state index contributed by atoms with van der Waals surface area (Å²) in [6, 6.07) is 8.27. The molecule has 8 heteroatoms. The molecule has 0 radical (unpaired) electrons. The first kappa shape index (κ1) is 26.8. The van der Waals surface area contributed by atoms with Gasteiger partial charge in [-0.05, 0) is 51.8 Å². The number of benzene rings is 1. The van der Waals surface area contributed by atoms with Crippen LogP contribution >= 0.6 is 0 Å². The minimum Gasteiger partial charge on any atom is -0.460 e. The molecule has 0 bridgehead atoms. The van der Waals surface area contributed by atoms with Gasteiger partial charge in [0.05, 0.1) is 25.5 Å². The highest BCUT2D eigenvalue weighted by molar-refractivity contribution is 6.05. The Morgan fingerprint density at radius 2 is 1.79 bits per heavy atom. The monoisotopic (exact) mass is 461 g/mol. The molecule has 1 N–H and O–H groups in total. The molecule has 0 saturated carbocycles. The Hall–Kier alpha value is -2.45. The molecule has 1 aromatic carbocycles. The van der Waals surface area contributed by atoms with Crippen molar-refractivity contribution in [1.82, 2.24) is 5.43 Å². The molecule has 1 atom stereocenters. The lowest BCUT2D eigenvalue weighted by atomic mass is 9.94. The Kier molecular flexibility index (Phi) is 10.8. The lowest BCUT2D eigenvalue weighted by Crippen LogP contribution is -2.32. The van der Waals surface area contributed by atoms with Gasteiger partial charge in [0.25, 0.3) is 0 Å². The fraction of sp³-hybridized carbons (Fsp3) is 0.640. The van der Waals surface area contributed by atoms with Crippen molar-refractivity contribution in [1.29, 1.82) is 0 Å². The maximum absolute atomic E-state index is 11.6. The van der Waals surface area contributed by atoms with Crippen LogP contribution in [-0.4, -0.2) is 62.7 Å². The predicted molar refractivity (Wildman–Crippen MR) is 130 cm³/mol. The summed E-state index contributed by atoms with van der Waals surface area (Å²) in [6.45, 7) is 13.5. The Labute approximate surface area is 197 Å². The number of esters is 1. The summed E-state index contributed by atoms with van der Waals surface area (Å²) in [6.07, 6.45) is 1.47. The third-order valence-electron chi connectivity index (χ3n) is 5.14. The van der Waals surface area contributed by atoms with Gasteiger partial charge in [-0.15, -0.1) is 0 Å². The van der Waals surface area contributed by atoms with E-state index in [0.717, 1.165) is 30.1 Å². The second-order valence-corrected chi connectivity index (χ2v) is 9.18. The summed E-state index contributed by atoms with van der Waals surface area (Å²) in [7, 11) is 0. The molecule has 0 saturated heterocycles. The number of hydrogen-bond acceptors (Lipinski definition) is 7. The molecule has 2 rings (SSSR count). The molecule has 1 aliphatic rings. The van der Waals surface area contributed by atoms with Crippen molar-refractivity contribution in [2.45, 2.75) is 59.5 Å². The zero-order valence-electron chi connectivity index (χ0n) is 20.7. The van der Waals surface area contributed by atoms with Crippen LogP contribution in [-0.2, 0) is 23.8 Å². The van der Waals surface area contributed by atoms with Crippen molar-refractivity contribution in [2.75, 3.05) is 44.4 Å². The largest absolute Gasteiger partial charge is 0.460 e. The number of nitrogens with one attached hydrogen (secondary N) is 1. The predicted octanol–water partition coefficient (Wildman–Crippen LogP) is 3.53. The van der Waals surface area contributed by atoms with Gasteiger partial charge in [-0.1, -0.05) is 19.1 Å². The van der Waals surface area contributed by atoms with Crippen LogP contribution in [0.4, 0.5) is 5.69 Å². The first-order chi connectivity index (χ1) is 15.7. The first-order valence-electron chi connectivity index (χ1n) is 11.8. The van der Waals surface area contributed by atoms with Gasteiger partial charge >= 0.3 is 5.97 Å². The number of likely N-dealkylation sites (N-methyl/N-ethyl adjacent to an activating group) is 1. The van der Waals surface area contributed by atoms with Crippen molar-refractivity contribution < 1.29 is 23.8 Å². The third kappa shape index (κ3) is 9.92. The van der Waals surface area contributed by atoms with Crippen LogP contribution in [0.25, 0.3) is 0 Å². The van der Waals surface area contributed by atoms with E-state index in [1.54, 1.807) is 0 Å². The standard InChI is InChI=1S/C25H39N3O5/c1-6-28(13-15-32-17-16-31-14-7-8-23(30)33-25(3,4)5)21-11-9-20(10-12-21)24-19(2)18-22(29)26-27-24/h9-12,19H,6-8,13-18H2,1-5H3,(H,26,29)/t19-/m1/s1. The van der Waals surface area contributed by atoms with Crippen LogP contribution < -0.4 is 10.3 Å². The Bertz CT molecular complexity index is 786. The van der Waals surface area contributed by atoms with Gasteiger partial charge < -0.3 is 19.1 Å². The minimum absolute atomic E-state index is 0.0359. The Morgan fingerprint density at radius 3 is 2.39 bits per heavy atom. The number of carbonyl (C=O) groups is 2. The molecular formula is C25H39N3O5. The molecule has 1 heterocycles. The molecule has 33 heavy (non-hydrogen) atoms. The van der Waals surface area contributed by atoms with Crippen molar-refractivity contribution in [3.05, 3.63) is 29.8 Å². The van der Waals surface area contributed by atoms with E-state index in [1.165, 1.54) is 0 Å². The van der Waals surface area contributed by atoms with Crippen molar-refractivity contribution in [2.24, 2.45) is 11.0 Å². The molecule has 0 aliphatic carbocycles. The van der Waals surface area contributed by atoms with E-state index in [4.69, 9.17) is 14.2 Å². The van der Waals surface area contributed by atoms with Gasteiger partial charge in [-0.25, -0.2) is 5.43 Å². The SMILES string of the molecule is CCN(CCOCCOCCCC(=O)OC(C)(C)C)c1ccc(C2=NNC(=O)C[C@H]2C)cc1.